The van der Waals surface area contributed by atoms with Gasteiger partial charge in [-0.2, -0.15) is 0 Å². The number of fused-ring (bicyclic) bond motifs is 1. The van der Waals surface area contributed by atoms with Gasteiger partial charge >= 0.3 is 5.76 Å². The monoisotopic (exact) mass is 297 g/mol. The Labute approximate surface area is 126 Å². The summed E-state index contributed by atoms with van der Waals surface area (Å²) in [6, 6.07) is 8.82. The van der Waals surface area contributed by atoms with Crippen LogP contribution in [-0.4, -0.2) is 15.5 Å². The van der Waals surface area contributed by atoms with Crippen molar-refractivity contribution >= 4 is 22.7 Å². The van der Waals surface area contributed by atoms with E-state index in [-0.39, 0.29) is 12.3 Å². The number of amides is 1. The zero-order valence-electron chi connectivity index (χ0n) is 12.3. The Bertz CT molecular complexity index is 908. The van der Waals surface area contributed by atoms with E-state index >= 15 is 0 Å². The quantitative estimate of drug-likeness (QED) is 0.802. The van der Waals surface area contributed by atoms with Crippen molar-refractivity contribution in [2.24, 2.45) is 7.05 Å². The minimum absolute atomic E-state index is 0.126. The maximum Gasteiger partial charge on any atom is 0.419 e. The van der Waals surface area contributed by atoms with Crippen LogP contribution in [-0.2, 0) is 18.3 Å². The standard InChI is InChI=1S/C16H15N3O3/c1-10-7-12(5-6-17-10)18-15(20)9-11-3-4-14-13(8-11)19(2)16(21)22-14/h3-8H,9H2,1-2H3,(H,17,18,20). The van der Waals surface area contributed by atoms with Crippen LogP contribution in [0.1, 0.15) is 11.3 Å². The third kappa shape index (κ3) is 2.76. The van der Waals surface area contributed by atoms with E-state index in [1.807, 2.05) is 6.92 Å². The topological polar surface area (TPSA) is 77.1 Å². The van der Waals surface area contributed by atoms with Crippen LogP contribution in [0.25, 0.3) is 11.1 Å². The molecule has 1 N–H and O–H groups in total. The number of benzene rings is 1. The second-order valence-corrected chi connectivity index (χ2v) is 5.14. The molecule has 0 spiro atoms. The van der Waals surface area contributed by atoms with Crippen molar-refractivity contribution in [2.75, 3.05) is 5.32 Å². The number of anilines is 1. The maximum absolute atomic E-state index is 12.1. The molecule has 6 heteroatoms. The number of rotatable bonds is 3. The van der Waals surface area contributed by atoms with E-state index < -0.39 is 5.76 Å². The minimum Gasteiger partial charge on any atom is -0.408 e. The van der Waals surface area contributed by atoms with Gasteiger partial charge in [-0.15, -0.1) is 0 Å². The molecule has 3 aromatic rings. The van der Waals surface area contributed by atoms with E-state index in [2.05, 4.69) is 10.3 Å². The predicted molar refractivity (Wildman–Crippen MR) is 82.8 cm³/mol. The van der Waals surface area contributed by atoms with E-state index in [4.69, 9.17) is 4.42 Å². The first kappa shape index (κ1) is 14.1. The smallest absolute Gasteiger partial charge is 0.408 e. The molecule has 0 saturated carbocycles. The van der Waals surface area contributed by atoms with Crippen LogP contribution in [0.5, 0.6) is 0 Å². The van der Waals surface area contributed by atoms with Crippen LogP contribution in [0.2, 0.25) is 0 Å². The summed E-state index contributed by atoms with van der Waals surface area (Å²) in [6.07, 6.45) is 1.87. The average Bonchev–Trinajstić information content (AvgIpc) is 2.74. The van der Waals surface area contributed by atoms with Crippen LogP contribution < -0.4 is 11.1 Å². The summed E-state index contributed by atoms with van der Waals surface area (Å²) in [5.74, 6) is -0.540. The summed E-state index contributed by atoms with van der Waals surface area (Å²) in [6.45, 7) is 1.86. The van der Waals surface area contributed by atoms with Gasteiger partial charge in [0, 0.05) is 24.6 Å². The number of nitrogens with one attached hydrogen (secondary N) is 1. The van der Waals surface area contributed by atoms with Crippen molar-refractivity contribution in [3.05, 3.63) is 58.3 Å². The fourth-order valence-corrected chi connectivity index (χ4v) is 2.30. The molecule has 0 bridgehead atoms. The summed E-state index contributed by atoms with van der Waals surface area (Å²) in [7, 11) is 1.64. The number of hydrogen-bond donors (Lipinski definition) is 1. The van der Waals surface area contributed by atoms with E-state index in [0.29, 0.717) is 16.8 Å². The highest BCUT2D eigenvalue weighted by Gasteiger charge is 2.09. The van der Waals surface area contributed by atoms with Crippen LogP contribution in [0.3, 0.4) is 0 Å². The maximum atomic E-state index is 12.1. The fraction of sp³-hybridized carbons (Fsp3) is 0.188. The van der Waals surface area contributed by atoms with E-state index in [1.54, 1.807) is 43.6 Å². The number of nitrogens with zero attached hydrogens (tertiary/aromatic N) is 2. The molecular formula is C16H15N3O3. The lowest BCUT2D eigenvalue weighted by atomic mass is 10.1. The van der Waals surface area contributed by atoms with Gasteiger partial charge in [0.15, 0.2) is 5.58 Å². The second kappa shape index (κ2) is 5.48. The molecule has 2 heterocycles. The first-order chi connectivity index (χ1) is 10.5. The molecule has 0 aliphatic heterocycles. The molecule has 3 rings (SSSR count). The van der Waals surface area contributed by atoms with E-state index in [0.717, 1.165) is 11.3 Å². The number of pyridine rings is 1. The highest BCUT2D eigenvalue weighted by Crippen LogP contribution is 2.15. The molecule has 0 atom stereocenters. The zero-order valence-corrected chi connectivity index (χ0v) is 12.3. The molecular weight excluding hydrogens is 282 g/mol. The summed E-state index contributed by atoms with van der Waals surface area (Å²) in [5, 5.41) is 2.83. The van der Waals surface area contributed by atoms with Gasteiger partial charge in [-0.25, -0.2) is 4.79 Å². The summed E-state index contributed by atoms with van der Waals surface area (Å²) in [5.41, 5.74) is 3.56. The molecule has 0 saturated heterocycles. The Kier molecular flexibility index (Phi) is 3.50. The van der Waals surface area contributed by atoms with Crippen molar-refractivity contribution in [1.29, 1.82) is 0 Å². The third-order valence-electron chi connectivity index (χ3n) is 3.40. The van der Waals surface area contributed by atoms with Gasteiger partial charge in [0.25, 0.3) is 0 Å². The third-order valence-corrected chi connectivity index (χ3v) is 3.40. The summed E-state index contributed by atoms with van der Waals surface area (Å²) < 4.78 is 6.49. The van der Waals surface area contributed by atoms with Gasteiger partial charge in [0.05, 0.1) is 11.9 Å². The summed E-state index contributed by atoms with van der Waals surface area (Å²) >= 11 is 0. The Morgan fingerprint density at radius 1 is 1.32 bits per heavy atom. The van der Waals surface area contributed by atoms with Crippen molar-refractivity contribution in [1.82, 2.24) is 9.55 Å². The Morgan fingerprint density at radius 2 is 2.14 bits per heavy atom. The highest BCUT2D eigenvalue weighted by atomic mass is 16.4. The molecule has 1 amide bonds. The molecule has 0 aliphatic rings. The fourth-order valence-electron chi connectivity index (χ4n) is 2.30. The van der Waals surface area contributed by atoms with E-state index in [9.17, 15) is 9.59 Å². The first-order valence-corrected chi connectivity index (χ1v) is 6.84. The Balaban J connectivity index is 1.79. The number of carbonyl (C=O) groups is 1. The lowest BCUT2D eigenvalue weighted by Gasteiger charge is -2.06. The van der Waals surface area contributed by atoms with Crippen molar-refractivity contribution < 1.29 is 9.21 Å². The average molecular weight is 297 g/mol. The molecule has 22 heavy (non-hydrogen) atoms. The van der Waals surface area contributed by atoms with Gasteiger partial charge in [0.1, 0.15) is 0 Å². The molecule has 112 valence electrons. The lowest BCUT2D eigenvalue weighted by Crippen LogP contribution is -2.14. The first-order valence-electron chi connectivity index (χ1n) is 6.84. The molecule has 2 aromatic heterocycles. The van der Waals surface area contributed by atoms with Gasteiger partial charge in [-0.1, -0.05) is 6.07 Å². The highest BCUT2D eigenvalue weighted by molar-refractivity contribution is 5.92. The van der Waals surface area contributed by atoms with Crippen LogP contribution in [0, 0.1) is 6.92 Å². The molecule has 0 unspecified atom stereocenters. The van der Waals surface area contributed by atoms with Crippen molar-refractivity contribution in [3.63, 3.8) is 0 Å². The van der Waals surface area contributed by atoms with Gasteiger partial charge in [0.2, 0.25) is 5.91 Å². The Hall–Kier alpha value is -2.89. The lowest BCUT2D eigenvalue weighted by molar-refractivity contribution is -0.115. The number of carbonyl (C=O) groups excluding carboxylic acids is 1. The number of hydrogen-bond acceptors (Lipinski definition) is 4. The second-order valence-electron chi connectivity index (χ2n) is 5.14. The van der Waals surface area contributed by atoms with E-state index in [1.165, 1.54) is 4.57 Å². The number of oxazole rings is 1. The van der Waals surface area contributed by atoms with Gasteiger partial charge in [-0.3, -0.25) is 14.3 Å². The molecule has 0 radical (unpaired) electrons. The zero-order chi connectivity index (χ0) is 15.7. The molecule has 0 fully saturated rings. The van der Waals surface area contributed by atoms with Crippen molar-refractivity contribution in [2.45, 2.75) is 13.3 Å². The molecule has 0 aliphatic carbocycles. The van der Waals surface area contributed by atoms with Crippen LogP contribution in [0.15, 0.2) is 45.7 Å². The summed E-state index contributed by atoms with van der Waals surface area (Å²) in [4.78, 5) is 27.6. The van der Waals surface area contributed by atoms with Crippen LogP contribution in [0.4, 0.5) is 5.69 Å². The predicted octanol–water partition coefficient (Wildman–Crippen LogP) is 2.02. The minimum atomic E-state index is -0.413. The van der Waals surface area contributed by atoms with Gasteiger partial charge in [-0.05, 0) is 36.8 Å². The molecule has 1 aromatic carbocycles. The molecule has 6 nitrogen and oxygen atoms in total. The Morgan fingerprint density at radius 3 is 2.91 bits per heavy atom. The van der Waals surface area contributed by atoms with Crippen LogP contribution >= 0.6 is 0 Å². The number of aryl methyl sites for hydroxylation is 2. The number of aromatic nitrogens is 2. The van der Waals surface area contributed by atoms with Gasteiger partial charge < -0.3 is 9.73 Å². The SMILES string of the molecule is Cc1cc(NC(=O)Cc2ccc3oc(=O)n(C)c3c2)ccn1. The largest absolute Gasteiger partial charge is 0.419 e. The van der Waals surface area contributed by atoms with Crippen molar-refractivity contribution in [3.8, 4) is 0 Å². The normalized spacial score (nSPS) is 10.8.